The van der Waals surface area contributed by atoms with Crippen LogP contribution in [-0.4, -0.2) is 18.0 Å². The summed E-state index contributed by atoms with van der Waals surface area (Å²) in [7, 11) is 0. The standard InChI is InChI=1S/C17H24N2O2/c1-5-17(18,6-2)10-19-16(20)15-9-13-7-11(3)12(4)8-14(13)21-15/h7-9H,5-6,10,18H2,1-4H3,(H,19,20). The lowest BCUT2D eigenvalue weighted by atomic mass is 9.94. The molecule has 114 valence electrons. The summed E-state index contributed by atoms with van der Waals surface area (Å²) in [5.74, 6) is 0.128. The molecular formula is C17H24N2O2. The van der Waals surface area contributed by atoms with Gasteiger partial charge in [-0.1, -0.05) is 13.8 Å². The number of hydrogen-bond acceptors (Lipinski definition) is 3. The summed E-state index contributed by atoms with van der Waals surface area (Å²) in [6.45, 7) is 8.59. The molecule has 0 saturated heterocycles. The van der Waals surface area contributed by atoms with Gasteiger partial charge in [0.15, 0.2) is 5.76 Å². The van der Waals surface area contributed by atoms with E-state index >= 15 is 0 Å². The van der Waals surface area contributed by atoms with Crippen molar-refractivity contribution in [1.29, 1.82) is 0 Å². The van der Waals surface area contributed by atoms with Crippen molar-refractivity contribution in [2.24, 2.45) is 5.73 Å². The van der Waals surface area contributed by atoms with Crippen LogP contribution in [0, 0.1) is 13.8 Å². The quantitative estimate of drug-likeness (QED) is 0.887. The summed E-state index contributed by atoms with van der Waals surface area (Å²) in [5, 5.41) is 3.83. The number of furan rings is 1. The Morgan fingerprint density at radius 2 is 1.81 bits per heavy atom. The first-order chi connectivity index (χ1) is 9.88. The number of rotatable bonds is 5. The number of carbonyl (C=O) groups excluding carboxylic acids is 1. The number of nitrogens with two attached hydrogens (primary N) is 1. The van der Waals surface area contributed by atoms with E-state index in [1.807, 2.05) is 39.8 Å². The molecule has 0 spiro atoms. The molecule has 21 heavy (non-hydrogen) atoms. The highest BCUT2D eigenvalue weighted by molar-refractivity contribution is 5.96. The average molecular weight is 288 g/mol. The predicted molar refractivity (Wildman–Crippen MR) is 85.5 cm³/mol. The zero-order chi connectivity index (χ0) is 15.6. The number of aryl methyl sites for hydroxylation is 2. The van der Waals surface area contributed by atoms with Crippen LogP contribution < -0.4 is 11.1 Å². The van der Waals surface area contributed by atoms with Crippen molar-refractivity contribution in [1.82, 2.24) is 5.32 Å². The van der Waals surface area contributed by atoms with Gasteiger partial charge in [0.2, 0.25) is 0 Å². The Hall–Kier alpha value is -1.81. The molecule has 2 aromatic rings. The van der Waals surface area contributed by atoms with E-state index in [1.54, 1.807) is 6.07 Å². The van der Waals surface area contributed by atoms with Gasteiger partial charge in [-0.25, -0.2) is 0 Å². The average Bonchev–Trinajstić information content (AvgIpc) is 2.87. The lowest BCUT2D eigenvalue weighted by Gasteiger charge is -2.26. The van der Waals surface area contributed by atoms with E-state index in [4.69, 9.17) is 10.2 Å². The van der Waals surface area contributed by atoms with E-state index in [9.17, 15) is 4.79 Å². The van der Waals surface area contributed by atoms with Crippen LogP contribution in [0.3, 0.4) is 0 Å². The van der Waals surface area contributed by atoms with Crippen LogP contribution >= 0.6 is 0 Å². The predicted octanol–water partition coefficient (Wildman–Crippen LogP) is 3.30. The van der Waals surface area contributed by atoms with E-state index in [0.29, 0.717) is 12.3 Å². The Bertz CT molecular complexity index is 615. The first kappa shape index (κ1) is 15.6. The van der Waals surface area contributed by atoms with Crippen molar-refractivity contribution < 1.29 is 9.21 Å². The molecule has 0 aliphatic rings. The molecule has 0 fully saturated rings. The maximum atomic E-state index is 12.2. The molecule has 0 aliphatic heterocycles. The first-order valence-corrected chi connectivity index (χ1v) is 7.46. The summed E-state index contributed by atoms with van der Waals surface area (Å²) in [6.07, 6.45) is 1.64. The molecular weight excluding hydrogens is 264 g/mol. The van der Waals surface area contributed by atoms with Crippen LogP contribution in [0.25, 0.3) is 11.0 Å². The number of hydrogen-bond donors (Lipinski definition) is 2. The second kappa shape index (κ2) is 5.90. The van der Waals surface area contributed by atoms with Gasteiger partial charge in [0.25, 0.3) is 5.91 Å². The number of amides is 1. The number of carbonyl (C=O) groups is 1. The van der Waals surface area contributed by atoms with Crippen LogP contribution in [0.15, 0.2) is 22.6 Å². The van der Waals surface area contributed by atoms with Crippen molar-refractivity contribution in [3.8, 4) is 0 Å². The minimum atomic E-state index is -0.352. The summed E-state index contributed by atoms with van der Waals surface area (Å²) in [6, 6.07) is 5.79. The van der Waals surface area contributed by atoms with Gasteiger partial charge in [0.05, 0.1) is 0 Å². The molecule has 1 aromatic carbocycles. The lowest BCUT2D eigenvalue weighted by molar-refractivity contribution is 0.0916. The van der Waals surface area contributed by atoms with E-state index in [2.05, 4.69) is 5.32 Å². The Kier molecular flexibility index (Phi) is 4.37. The van der Waals surface area contributed by atoms with Crippen molar-refractivity contribution in [2.75, 3.05) is 6.54 Å². The van der Waals surface area contributed by atoms with Gasteiger partial charge in [0, 0.05) is 17.5 Å². The fourth-order valence-corrected chi connectivity index (χ4v) is 2.26. The SMILES string of the molecule is CCC(N)(CC)CNC(=O)c1cc2cc(C)c(C)cc2o1. The molecule has 4 nitrogen and oxygen atoms in total. The van der Waals surface area contributed by atoms with E-state index < -0.39 is 0 Å². The topological polar surface area (TPSA) is 68.3 Å². The molecule has 0 aliphatic carbocycles. The van der Waals surface area contributed by atoms with Gasteiger partial charge >= 0.3 is 0 Å². The largest absolute Gasteiger partial charge is 0.451 e. The Morgan fingerprint density at radius 1 is 1.19 bits per heavy atom. The van der Waals surface area contributed by atoms with Gasteiger partial charge in [-0.15, -0.1) is 0 Å². The second-order valence-electron chi connectivity index (χ2n) is 5.84. The minimum absolute atomic E-state index is 0.210. The Balaban J connectivity index is 2.16. The smallest absolute Gasteiger partial charge is 0.287 e. The molecule has 3 N–H and O–H groups in total. The summed E-state index contributed by atoms with van der Waals surface area (Å²) in [5.41, 5.74) is 8.93. The maximum Gasteiger partial charge on any atom is 0.287 e. The highest BCUT2D eigenvalue weighted by atomic mass is 16.3. The monoisotopic (exact) mass is 288 g/mol. The van der Waals surface area contributed by atoms with Crippen molar-refractivity contribution in [3.05, 3.63) is 35.1 Å². The number of nitrogens with one attached hydrogen (secondary N) is 1. The molecule has 4 heteroatoms. The third-order valence-corrected chi connectivity index (χ3v) is 4.37. The normalized spacial score (nSPS) is 11.9. The molecule has 2 rings (SSSR count). The fourth-order valence-electron chi connectivity index (χ4n) is 2.26. The van der Waals surface area contributed by atoms with Crippen molar-refractivity contribution in [3.63, 3.8) is 0 Å². The highest BCUT2D eigenvalue weighted by Gasteiger charge is 2.22. The fraction of sp³-hybridized carbons (Fsp3) is 0.471. The second-order valence-corrected chi connectivity index (χ2v) is 5.84. The summed E-state index contributed by atoms with van der Waals surface area (Å²) < 4.78 is 5.65. The van der Waals surface area contributed by atoms with E-state index in [0.717, 1.165) is 29.4 Å². The number of fused-ring (bicyclic) bond motifs is 1. The Labute approximate surface area is 125 Å². The zero-order valence-corrected chi connectivity index (χ0v) is 13.2. The Morgan fingerprint density at radius 3 is 2.43 bits per heavy atom. The van der Waals surface area contributed by atoms with Gasteiger partial charge < -0.3 is 15.5 Å². The third kappa shape index (κ3) is 3.27. The molecule has 1 aromatic heterocycles. The molecule has 0 atom stereocenters. The molecule has 1 amide bonds. The van der Waals surface area contributed by atoms with Crippen LogP contribution in [0.4, 0.5) is 0 Å². The van der Waals surface area contributed by atoms with Crippen LogP contribution in [-0.2, 0) is 0 Å². The van der Waals surface area contributed by atoms with Gasteiger partial charge in [-0.2, -0.15) is 0 Å². The van der Waals surface area contributed by atoms with Gasteiger partial charge in [0.1, 0.15) is 5.58 Å². The first-order valence-electron chi connectivity index (χ1n) is 7.46. The third-order valence-electron chi connectivity index (χ3n) is 4.37. The molecule has 0 radical (unpaired) electrons. The maximum absolute atomic E-state index is 12.2. The lowest BCUT2D eigenvalue weighted by Crippen LogP contribution is -2.49. The van der Waals surface area contributed by atoms with E-state index in [-0.39, 0.29) is 11.4 Å². The van der Waals surface area contributed by atoms with Gasteiger partial charge in [-0.05, 0) is 56.0 Å². The highest BCUT2D eigenvalue weighted by Crippen LogP contribution is 2.23. The molecule has 0 unspecified atom stereocenters. The van der Waals surface area contributed by atoms with E-state index in [1.165, 1.54) is 5.56 Å². The molecule has 1 heterocycles. The minimum Gasteiger partial charge on any atom is -0.451 e. The van der Waals surface area contributed by atoms with Crippen LogP contribution in [0.5, 0.6) is 0 Å². The van der Waals surface area contributed by atoms with Crippen LogP contribution in [0.2, 0.25) is 0 Å². The van der Waals surface area contributed by atoms with Gasteiger partial charge in [-0.3, -0.25) is 4.79 Å². The van der Waals surface area contributed by atoms with Crippen molar-refractivity contribution in [2.45, 2.75) is 46.1 Å². The summed E-state index contributed by atoms with van der Waals surface area (Å²) in [4.78, 5) is 12.2. The summed E-state index contributed by atoms with van der Waals surface area (Å²) >= 11 is 0. The van der Waals surface area contributed by atoms with Crippen LogP contribution in [0.1, 0.15) is 48.4 Å². The number of benzene rings is 1. The molecule has 0 saturated carbocycles. The zero-order valence-electron chi connectivity index (χ0n) is 13.2. The van der Waals surface area contributed by atoms with Crippen molar-refractivity contribution >= 4 is 16.9 Å². The molecule has 0 bridgehead atoms.